The second kappa shape index (κ2) is 8.10. The quantitative estimate of drug-likeness (QED) is 0.776. The lowest BCUT2D eigenvalue weighted by Crippen LogP contribution is -3.15. The maximum atomic E-state index is 12.2. The number of benzene rings is 2. The number of nitrogens with zero attached hydrogens (tertiary/aromatic N) is 1. The summed E-state index contributed by atoms with van der Waals surface area (Å²) in [6, 6.07) is 15.1. The zero-order chi connectivity index (χ0) is 18.6. The zero-order valence-electron chi connectivity index (χ0n) is 15.4. The third-order valence-corrected chi connectivity index (χ3v) is 6.21. The molecule has 6 heteroatoms. The van der Waals surface area contributed by atoms with Gasteiger partial charge in [0.25, 0.3) is 0 Å². The van der Waals surface area contributed by atoms with E-state index in [9.17, 15) is 8.42 Å². The van der Waals surface area contributed by atoms with Crippen molar-refractivity contribution >= 4 is 15.8 Å². The number of rotatable bonds is 6. The van der Waals surface area contributed by atoms with Crippen LogP contribution in [0, 0.1) is 13.8 Å². The molecule has 0 amide bonds. The van der Waals surface area contributed by atoms with Crippen LogP contribution in [0.15, 0.2) is 48.5 Å². The van der Waals surface area contributed by atoms with Crippen molar-refractivity contribution in [3.8, 4) is 5.75 Å². The molecule has 0 atom stereocenters. The molecule has 0 saturated carbocycles. The van der Waals surface area contributed by atoms with Gasteiger partial charge in [-0.3, -0.25) is 0 Å². The second-order valence-corrected chi connectivity index (χ2v) is 8.55. The van der Waals surface area contributed by atoms with Gasteiger partial charge in [-0.25, -0.2) is 0 Å². The smallest absolute Gasteiger partial charge is 0.314 e. The largest absolute Gasteiger partial charge is 0.382 e. The van der Waals surface area contributed by atoms with E-state index in [4.69, 9.17) is 4.18 Å². The summed E-state index contributed by atoms with van der Waals surface area (Å²) < 4.78 is 29.5. The topological polar surface area (TPSA) is 51.0 Å². The van der Waals surface area contributed by atoms with Gasteiger partial charge in [-0.05, 0) is 43.2 Å². The molecule has 0 bridgehead atoms. The molecule has 1 fully saturated rings. The number of nitrogens with one attached hydrogen (secondary N) is 1. The fraction of sp³-hybridized carbons (Fsp3) is 0.400. The van der Waals surface area contributed by atoms with E-state index in [1.165, 1.54) is 21.7 Å². The van der Waals surface area contributed by atoms with Gasteiger partial charge in [-0.1, -0.05) is 30.3 Å². The highest BCUT2D eigenvalue weighted by Crippen LogP contribution is 2.22. The molecule has 1 aliphatic rings. The van der Waals surface area contributed by atoms with Crippen molar-refractivity contribution in [1.29, 1.82) is 0 Å². The van der Waals surface area contributed by atoms with E-state index < -0.39 is 10.1 Å². The molecule has 1 aliphatic heterocycles. The second-order valence-electron chi connectivity index (χ2n) is 6.86. The Morgan fingerprint density at radius 3 is 2.38 bits per heavy atom. The zero-order valence-corrected chi connectivity index (χ0v) is 16.3. The molecule has 0 aromatic heterocycles. The maximum absolute atomic E-state index is 12.2. The summed E-state index contributed by atoms with van der Waals surface area (Å²) in [4.78, 5) is 3.72. The van der Waals surface area contributed by atoms with Gasteiger partial charge in [0.2, 0.25) is 0 Å². The normalized spacial score (nSPS) is 15.8. The van der Waals surface area contributed by atoms with Crippen LogP contribution >= 0.6 is 0 Å². The first-order valence-corrected chi connectivity index (χ1v) is 10.6. The van der Waals surface area contributed by atoms with Crippen LogP contribution in [-0.4, -0.2) is 46.9 Å². The van der Waals surface area contributed by atoms with E-state index in [2.05, 4.69) is 36.9 Å². The minimum absolute atomic E-state index is 0.0424. The van der Waals surface area contributed by atoms with Gasteiger partial charge in [0, 0.05) is 5.69 Å². The van der Waals surface area contributed by atoms with E-state index in [1.807, 2.05) is 6.07 Å². The van der Waals surface area contributed by atoms with Crippen LogP contribution in [0.2, 0.25) is 0 Å². The van der Waals surface area contributed by atoms with E-state index >= 15 is 0 Å². The van der Waals surface area contributed by atoms with Gasteiger partial charge in [-0.15, -0.1) is 0 Å². The average molecular weight is 376 g/mol. The van der Waals surface area contributed by atoms with Crippen LogP contribution in [0.1, 0.15) is 11.1 Å². The molecule has 1 heterocycles. The molecule has 0 radical (unpaired) electrons. The Morgan fingerprint density at radius 1 is 1.00 bits per heavy atom. The molecule has 140 valence electrons. The van der Waals surface area contributed by atoms with Crippen molar-refractivity contribution < 1.29 is 17.5 Å². The predicted molar refractivity (Wildman–Crippen MR) is 105 cm³/mol. The lowest BCUT2D eigenvalue weighted by Gasteiger charge is -2.34. The highest BCUT2D eigenvalue weighted by molar-refractivity contribution is 7.87. The first-order valence-electron chi connectivity index (χ1n) is 9.06. The molecule has 1 saturated heterocycles. The number of piperazine rings is 1. The van der Waals surface area contributed by atoms with Crippen LogP contribution in [-0.2, 0) is 10.1 Å². The Balaban J connectivity index is 1.50. The van der Waals surface area contributed by atoms with Crippen molar-refractivity contribution in [1.82, 2.24) is 0 Å². The highest BCUT2D eigenvalue weighted by Gasteiger charge is 2.24. The van der Waals surface area contributed by atoms with Crippen LogP contribution in [0.4, 0.5) is 5.69 Å². The predicted octanol–water partition coefficient (Wildman–Crippen LogP) is 1.42. The Kier molecular flexibility index (Phi) is 5.84. The van der Waals surface area contributed by atoms with Gasteiger partial charge in [0.1, 0.15) is 11.5 Å². The van der Waals surface area contributed by atoms with Crippen molar-refractivity contribution in [3.05, 3.63) is 59.7 Å². The van der Waals surface area contributed by atoms with Crippen LogP contribution in [0.3, 0.4) is 0 Å². The van der Waals surface area contributed by atoms with Crippen molar-refractivity contribution in [2.75, 3.05) is 43.4 Å². The van der Waals surface area contributed by atoms with Gasteiger partial charge in [0.05, 0.1) is 32.7 Å². The van der Waals surface area contributed by atoms with Crippen LogP contribution in [0.25, 0.3) is 0 Å². The summed E-state index contributed by atoms with van der Waals surface area (Å²) in [5.41, 5.74) is 3.93. The standard InChI is InChI=1S/C20H26N2O3S/c1-17-7-6-10-20(18(17)2)22-13-11-21(12-14-22)15-16-26(23,24)25-19-8-4-3-5-9-19/h3-10H,11-16H2,1-2H3/p+1. The molecule has 2 aromatic rings. The molecule has 0 aliphatic carbocycles. The first-order chi connectivity index (χ1) is 12.4. The van der Waals surface area contributed by atoms with E-state index in [-0.39, 0.29) is 5.75 Å². The monoisotopic (exact) mass is 375 g/mol. The Labute approximate surface area is 156 Å². The Hall–Kier alpha value is -2.05. The molecule has 0 unspecified atom stereocenters. The van der Waals surface area contributed by atoms with E-state index in [1.54, 1.807) is 24.3 Å². The van der Waals surface area contributed by atoms with Crippen molar-refractivity contribution in [3.63, 3.8) is 0 Å². The third-order valence-electron chi connectivity index (χ3n) is 5.06. The van der Waals surface area contributed by atoms with E-state index in [0.29, 0.717) is 12.3 Å². The highest BCUT2D eigenvalue weighted by atomic mass is 32.2. The van der Waals surface area contributed by atoms with Gasteiger partial charge in [-0.2, -0.15) is 8.42 Å². The molecule has 3 rings (SSSR count). The summed E-state index contributed by atoms with van der Waals surface area (Å²) in [6.07, 6.45) is 0. The first kappa shape index (κ1) is 18.7. The number of hydrogen-bond donors (Lipinski definition) is 1. The molecule has 5 nitrogen and oxygen atoms in total. The number of anilines is 1. The molecule has 0 spiro atoms. The number of aryl methyl sites for hydroxylation is 1. The SMILES string of the molecule is Cc1cccc(N2CC[NH+](CCS(=O)(=O)Oc3ccccc3)CC2)c1C. The minimum atomic E-state index is -3.55. The molecular formula is C20H27N2O3S+. The average Bonchev–Trinajstić information content (AvgIpc) is 2.63. The summed E-state index contributed by atoms with van der Waals surface area (Å²) in [5, 5.41) is 0. The number of hydrogen-bond acceptors (Lipinski definition) is 4. The molecule has 1 N–H and O–H groups in total. The fourth-order valence-electron chi connectivity index (χ4n) is 3.33. The van der Waals surface area contributed by atoms with Gasteiger partial charge >= 0.3 is 10.1 Å². The lowest BCUT2D eigenvalue weighted by atomic mass is 10.1. The maximum Gasteiger partial charge on any atom is 0.314 e. The number of para-hydroxylation sites is 1. The van der Waals surface area contributed by atoms with Crippen molar-refractivity contribution in [2.24, 2.45) is 0 Å². The van der Waals surface area contributed by atoms with Gasteiger partial charge in [0.15, 0.2) is 0 Å². The summed E-state index contributed by atoms with van der Waals surface area (Å²) in [7, 11) is -3.55. The third kappa shape index (κ3) is 4.77. The van der Waals surface area contributed by atoms with Crippen LogP contribution in [0.5, 0.6) is 5.75 Å². The van der Waals surface area contributed by atoms with Crippen molar-refractivity contribution in [2.45, 2.75) is 13.8 Å². The Morgan fingerprint density at radius 2 is 1.69 bits per heavy atom. The van der Waals surface area contributed by atoms with E-state index in [0.717, 1.165) is 26.2 Å². The molecule has 2 aromatic carbocycles. The summed E-state index contributed by atoms with van der Waals surface area (Å²) >= 11 is 0. The lowest BCUT2D eigenvalue weighted by molar-refractivity contribution is -0.898. The van der Waals surface area contributed by atoms with Gasteiger partial charge < -0.3 is 14.0 Å². The fourth-order valence-corrected chi connectivity index (χ4v) is 4.35. The summed E-state index contributed by atoms with van der Waals surface area (Å²) in [6.45, 7) is 8.64. The van der Waals surface area contributed by atoms with Crippen LogP contribution < -0.4 is 14.0 Å². The number of quaternary nitrogens is 1. The molecule has 26 heavy (non-hydrogen) atoms. The minimum Gasteiger partial charge on any atom is -0.382 e. The summed E-state index contributed by atoms with van der Waals surface area (Å²) in [5.74, 6) is 0.419. The Bertz CT molecular complexity index is 829. The molecular weight excluding hydrogens is 348 g/mol.